The van der Waals surface area contributed by atoms with Gasteiger partial charge in [0.1, 0.15) is 19.6 Å². The lowest BCUT2D eigenvalue weighted by atomic mass is 9.77. The van der Waals surface area contributed by atoms with Crippen LogP contribution in [0.1, 0.15) is 122 Å². The average Bonchev–Trinajstić information content (AvgIpc) is 2.99. The first-order chi connectivity index (χ1) is 24.4. The third-order valence-corrected chi connectivity index (χ3v) is 13.3. The quantitative estimate of drug-likeness (QED) is 0.339. The molecule has 0 saturated carbocycles. The Morgan fingerprint density at radius 2 is 0.593 bits per heavy atom. The Morgan fingerprint density at radius 3 is 0.759 bits per heavy atom. The monoisotopic (exact) mass is 760 g/mol. The number of piperidine rings is 3. The topological polar surface area (TPSA) is 163 Å². The first-order valence-corrected chi connectivity index (χ1v) is 19.4. The Hall–Kier alpha value is -3.30. The molecular weight excluding hydrogens is 690 g/mol. The highest BCUT2D eigenvalue weighted by Crippen LogP contribution is 2.39. The van der Waals surface area contributed by atoms with E-state index in [1.165, 1.54) is 0 Å². The van der Waals surface area contributed by atoms with Gasteiger partial charge in [0.15, 0.2) is 0 Å². The molecule has 3 amide bonds. The molecule has 0 atom stereocenters. The van der Waals surface area contributed by atoms with E-state index in [2.05, 4.69) is 135 Å². The fourth-order valence-corrected chi connectivity index (χ4v) is 9.76. The fourth-order valence-electron chi connectivity index (χ4n) is 9.76. The highest BCUT2D eigenvalue weighted by Gasteiger charge is 2.46. The molecule has 3 N–H and O–H groups in total. The predicted octanol–water partition coefficient (Wildman–Crippen LogP) is 1.47. The van der Waals surface area contributed by atoms with Crippen molar-refractivity contribution in [2.45, 2.75) is 193 Å². The summed E-state index contributed by atoms with van der Waals surface area (Å²) in [7, 11) is 6.16. The van der Waals surface area contributed by atoms with Crippen LogP contribution in [0.25, 0.3) is 0 Å². The standard InChI is InChI=1S/C39H69N9O6/c1-34(2)16-25(17-35(3,4)43(34)13)40-28(49)22-46-31(52)47(23-29(50)41-26-18-36(5,6)44(14)37(7,8)19-26)33(54)48(32(46)53)24-30(51)42-27-20-38(9,10)45(15)39(11,12)21-27/h25-27H,16-24H2,1-15H3,(H,40,49)(H,41,50)(H,42,51). The van der Waals surface area contributed by atoms with Crippen LogP contribution in [0.4, 0.5) is 0 Å². The van der Waals surface area contributed by atoms with Crippen molar-refractivity contribution >= 4 is 17.7 Å². The van der Waals surface area contributed by atoms with Gasteiger partial charge in [-0.15, -0.1) is 0 Å². The van der Waals surface area contributed by atoms with Gasteiger partial charge in [-0.25, -0.2) is 28.1 Å². The smallest absolute Gasteiger partial charge is 0.337 e. The third-order valence-electron chi connectivity index (χ3n) is 13.3. The number of hydrogen-bond acceptors (Lipinski definition) is 9. The number of hydrogen-bond donors (Lipinski definition) is 3. The van der Waals surface area contributed by atoms with Gasteiger partial charge in [0.05, 0.1) is 0 Å². The lowest BCUT2D eigenvalue weighted by Crippen LogP contribution is -2.64. The molecule has 3 aliphatic rings. The second-order valence-electron chi connectivity index (χ2n) is 20.2. The molecule has 0 aliphatic carbocycles. The SMILES string of the molecule is CN1C(C)(C)CC(NC(=O)Cn2c(=O)n(CC(=O)NC3CC(C)(C)N(C)C(C)(C)C3)c(=O)n(CC(=O)NC3CC(C)(C)N(C)C(C)(C)C3)c2=O)CC1(C)C. The number of likely N-dealkylation sites (tertiary alicyclic amines) is 3. The van der Waals surface area contributed by atoms with E-state index < -0.39 is 54.4 Å². The van der Waals surface area contributed by atoms with Crippen molar-refractivity contribution in [1.82, 2.24) is 44.4 Å². The molecule has 0 bridgehead atoms. The average molecular weight is 760 g/mol. The summed E-state index contributed by atoms with van der Waals surface area (Å²) in [5.74, 6) is -1.73. The normalized spacial score (nSPS) is 24.5. The van der Waals surface area contributed by atoms with Gasteiger partial charge >= 0.3 is 17.1 Å². The summed E-state index contributed by atoms with van der Waals surface area (Å²) in [6.45, 7) is 23.2. The minimum Gasteiger partial charge on any atom is -0.352 e. The molecule has 0 aromatic carbocycles. The van der Waals surface area contributed by atoms with E-state index in [1.807, 2.05) is 0 Å². The molecule has 3 aliphatic heterocycles. The number of nitrogens with one attached hydrogen (secondary N) is 3. The molecule has 306 valence electrons. The lowest BCUT2D eigenvalue weighted by molar-refractivity contribution is -0.124. The summed E-state index contributed by atoms with van der Waals surface area (Å²) in [5.41, 5.74) is -4.62. The first kappa shape index (κ1) is 43.4. The van der Waals surface area contributed by atoms with Gasteiger partial charge in [-0.2, -0.15) is 0 Å². The van der Waals surface area contributed by atoms with Crippen molar-refractivity contribution in [2.75, 3.05) is 21.1 Å². The third kappa shape index (κ3) is 9.04. The van der Waals surface area contributed by atoms with Crippen LogP contribution in [-0.2, 0) is 34.0 Å². The molecule has 3 fully saturated rings. The van der Waals surface area contributed by atoms with E-state index in [1.54, 1.807) is 0 Å². The van der Waals surface area contributed by atoms with Crippen molar-refractivity contribution in [2.24, 2.45) is 0 Å². The summed E-state index contributed by atoms with van der Waals surface area (Å²) < 4.78 is 1.98. The van der Waals surface area contributed by atoms with Crippen LogP contribution >= 0.6 is 0 Å². The maximum absolute atomic E-state index is 13.9. The summed E-state index contributed by atoms with van der Waals surface area (Å²) in [6.07, 6.45) is 3.87. The van der Waals surface area contributed by atoms with Crippen LogP contribution in [0.5, 0.6) is 0 Å². The van der Waals surface area contributed by atoms with Crippen LogP contribution in [0.2, 0.25) is 0 Å². The van der Waals surface area contributed by atoms with Gasteiger partial charge < -0.3 is 16.0 Å². The van der Waals surface area contributed by atoms with Crippen molar-refractivity contribution in [3.63, 3.8) is 0 Å². The van der Waals surface area contributed by atoms with Crippen molar-refractivity contribution < 1.29 is 14.4 Å². The molecule has 15 nitrogen and oxygen atoms in total. The van der Waals surface area contributed by atoms with Crippen molar-refractivity contribution in [3.8, 4) is 0 Å². The van der Waals surface area contributed by atoms with E-state index in [9.17, 15) is 28.8 Å². The fraction of sp³-hybridized carbons (Fsp3) is 0.846. The van der Waals surface area contributed by atoms with Gasteiger partial charge in [0.25, 0.3) is 0 Å². The largest absolute Gasteiger partial charge is 0.352 e. The Bertz CT molecular complexity index is 1510. The van der Waals surface area contributed by atoms with Crippen LogP contribution in [0, 0.1) is 0 Å². The molecule has 0 radical (unpaired) electrons. The van der Waals surface area contributed by atoms with Gasteiger partial charge in [0, 0.05) is 51.4 Å². The van der Waals surface area contributed by atoms with Gasteiger partial charge in [-0.05, 0) is 143 Å². The highest BCUT2D eigenvalue weighted by atomic mass is 16.2. The zero-order valence-electron chi connectivity index (χ0n) is 35.7. The minimum atomic E-state index is -1.08. The molecule has 4 heterocycles. The van der Waals surface area contributed by atoms with Gasteiger partial charge in [0.2, 0.25) is 17.7 Å². The highest BCUT2D eigenvalue weighted by molar-refractivity contribution is 5.77. The molecule has 15 heteroatoms. The van der Waals surface area contributed by atoms with Gasteiger partial charge in [-0.1, -0.05) is 0 Å². The summed E-state index contributed by atoms with van der Waals surface area (Å²) in [5, 5.41) is 9.02. The Morgan fingerprint density at radius 1 is 0.426 bits per heavy atom. The molecule has 4 rings (SSSR count). The van der Waals surface area contributed by atoms with Gasteiger partial charge in [-0.3, -0.25) is 29.1 Å². The Kier molecular flexibility index (Phi) is 11.8. The Balaban J connectivity index is 1.65. The number of amides is 3. The second-order valence-corrected chi connectivity index (χ2v) is 20.2. The Labute approximate surface area is 321 Å². The molecular formula is C39H69N9O6. The number of nitrogens with zero attached hydrogens (tertiary/aromatic N) is 6. The summed E-state index contributed by atoms with van der Waals surface area (Å²) in [4.78, 5) is 89.3. The van der Waals surface area contributed by atoms with E-state index >= 15 is 0 Å². The summed E-state index contributed by atoms with van der Waals surface area (Å²) in [6, 6.07) is -0.694. The molecule has 54 heavy (non-hydrogen) atoms. The maximum Gasteiger partial charge on any atom is 0.337 e. The summed E-state index contributed by atoms with van der Waals surface area (Å²) >= 11 is 0. The lowest BCUT2D eigenvalue weighted by Gasteiger charge is -2.53. The molecule has 1 aromatic heterocycles. The molecule has 0 unspecified atom stereocenters. The minimum absolute atomic E-state index is 0.229. The van der Waals surface area contributed by atoms with Crippen LogP contribution in [0.3, 0.4) is 0 Å². The van der Waals surface area contributed by atoms with E-state index in [0.29, 0.717) is 52.2 Å². The molecule has 3 saturated heterocycles. The van der Waals surface area contributed by atoms with Crippen molar-refractivity contribution in [1.29, 1.82) is 0 Å². The number of carbonyl (C=O) groups excluding carboxylic acids is 3. The van der Waals surface area contributed by atoms with E-state index in [4.69, 9.17) is 0 Å². The van der Waals surface area contributed by atoms with E-state index in [-0.39, 0.29) is 51.4 Å². The number of aromatic nitrogens is 3. The predicted molar refractivity (Wildman–Crippen MR) is 210 cm³/mol. The maximum atomic E-state index is 13.9. The van der Waals surface area contributed by atoms with E-state index in [0.717, 1.165) is 0 Å². The number of rotatable bonds is 9. The van der Waals surface area contributed by atoms with Crippen LogP contribution < -0.4 is 33.0 Å². The first-order valence-electron chi connectivity index (χ1n) is 19.4. The number of carbonyl (C=O) groups is 3. The molecule has 0 spiro atoms. The van der Waals surface area contributed by atoms with Crippen molar-refractivity contribution in [3.05, 3.63) is 31.5 Å². The second kappa shape index (κ2) is 14.6. The van der Waals surface area contributed by atoms with Crippen LogP contribution in [0.15, 0.2) is 14.4 Å². The zero-order chi connectivity index (χ0) is 41.1. The molecule has 1 aromatic rings. The van der Waals surface area contributed by atoms with Crippen LogP contribution in [-0.4, -0.2) is 119 Å². The zero-order valence-corrected chi connectivity index (χ0v) is 35.7.